The van der Waals surface area contributed by atoms with Gasteiger partial charge in [0.1, 0.15) is 6.10 Å². The highest BCUT2D eigenvalue weighted by Gasteiger charge is 2.27. The third-order valence-electron chi connectivity index (χ3n) is 3.57. The van der Waals surface area contributed by atoms with Crippen molar-refractivity contribution in [3.8, 4) is 0 Å². The topological polar surface area (TPSA) is 50.1 Å². The lowest BCUT2D eigenvalue weighted by Gasteiger charge is -2.31. The molecule has 2 rings (SSSR count). The van der Waals surface area contributed by atoms with E-state index >= 15 is 0 Å². The van der Waals surface area contributed by atoms with Crippen molar-refractivity contribution in [2.45, 2.75) is 51.8 Å². The van der Waals surface area contributed by atoms with Crippen molar-refractivity contribution in [3.05, 3.63) is 18.0 Å². The first kappa shape index (κ1) is 12.6. The van der Waals surface area contributed by atoms with Crippen LogP contribution in [-0.4, -0.2) is 27.5 Å². The van der Waals surface area contributed by atoms with Crippen LogP contribution in [0.2, 0.25) is 0 Å². The number of hydrogen-bond donors (Lipinski definition) is 2. The van der Waals surface area contributed by atoms with Gasteiger partial charge in [0.2, 0.25) is 0 Å². The first-order valence-electron chi connectivity index (χ1n) is 6.65. The summed E-state index contributed by atoms with van der Waals surface area (Å²) in [4.78, 5) is 0. The molecule has 2 N–H and O–H groups in total. The summed E-state index contributed by atoms with van der Waals surface area (Å²) in [7, 11) is 0. The minimum Gasteiger partial charge on any atom is -0.385 e. The van der Waals surface area contributed by atoms with Crippen LogP contribution in [0.4, 0.5) is 0 Å². The summed E-state index contributed by atoms with van der Waals surface area (Å²) in [5.74, 6) is 0.693. The number of hydrogen-bond acceptors (Lipinski definition) is 3. The zero-order valence-corrected chi connectivity index (χ0v) is 10.8. The third kappa shape index (κ3) is 2.87. The first-order valence-corrected chi connectivity index (χ1v) is 6.65. The second-order valence-electron chi connectivity index (χ2n) is 5.11. The van der Waals surface area contributed by atoms with E-state index in [1.165, 1.54) is 6.42 Å². The minimum absolute atomic E-state index is 0.172. The van der Waals surface area contributed by atoms with E-state index in [1.54, 1.807) is 6.20 Å². The quantitative estimate of drug-likeness (QED) is 0.838. The SMILES string of the molecule is CCCn1nccc1C(O)C1CC(C)CCN1. The zero-order chi connectivity index (χ0) is 12.3. The van der Waals surface area contributed by atoms with Gasteiger partial charge in [0, 0.05) is 18.8 Å². The van der Waals surface area contributed by atoms with Crippen LogP contribution in [-0.2, 0) is 6.54 Å². The maximum atomic E-state index is 10.4. The predicted octanol–water partition coefficient (Wildman–Crippen LogP) is 1.71. The number of aromatic nitrogens is 2. The van der Waals surface area contributed by atoms with Crippen molar-refractivity contribution in [3.63, 3.8) is 0 Å². The number of aryl methyl sites for hydroxylation is 1. The molecule has 0 amide bonds. The largest absolute Gasteiger partial charge is 0.385 e. The monoisotopic (exact) mass is 237 g/mol. The maximum absolute atomic E-state index is 10.4. The van der Waals surface area contributed by atoms with Crippen LogP contribution in [0.1, 0.15) is 44.9 Å². The molecule has 0 radical (unpaired) electrons. The minimum atomic E-state index is -0.438. The molecule has 96 valence electrons. The molecule has 0 aromatic carbocycles. The van der Waals surface area contributed by atoms with E-state index in [4.69, 9.17) is 0 Å². The van der Waals surface area contributed by atoms with Gasteiger partial charge in [-0.1, -0.05) is 13.8 Å². The molecule has 1 aliphatic heterocycles. The number of aliphatic hydroxyl groups is 1. The lowest BCUT2D eigenvalue weighted by Crippen LogP contribution is -2.42. The molecule has 0 aliphatic carbocycles. The van der Waals surface area contributed by atoms with Gasteiger partial charge in [-0.3, -0.25) is 4.68 Å². The highest BCUT2D eigenvalue weighted by atomic mass is 16.3. The van der Waals surface area contributed by atoms with Gasteiger partial charge in [0.05, 0.1) is 5.69 Å². The molecule has 17 heavy (non-hydrogen) atoms. The Labute approximate surface area is 103 Å². The average molecular weight is 237 g/mol. The van der Waals surface area contributed by atoms with Crippen molar-refractivity contribution in [1.82, 2.24) is 15.1 Å². The van der Waals surface area contributed by atoms with Gasteiger partial charge in [-0.15, -0.1) is 0 Å². The highest BCUT2D eigenvalue weighted by molar-refractivity contribution is 5.08. The molecule has 1 fully saturated rings. The van der Waals surface area contributed by atoms with Crippen LogP contribution in [0.3, 0.4) is 0 Å². The van der Waals surface area contributed by atoms with Crippen LogP contribution < -0.4 is 5.32 Å². The van der Waals surface area contributed by atoms with Crippen LogP contribution in [0.5, 0.6) is 0 Å². The summed E-state index contributed by atoms with van der Waals surface area (Å²) in [5, 5.41) is 18.1. The zero-order valence-electron chi connectivity index (χ0n) is 10.8. The number of nitrogens with one attached hydrogen (secondary N) is 1. The Morgan fingerprint density at radius 2 is 2.47 bits per heavy atom. The summed E-state index contributed by atoms with van der Waals surface area (Å²) >= 11 is 0. The van der Waals surface area contributed by atoms with Gasteiger partial charge < -0.3 is 10.4 Å². The van der Waals surface area contributed by atoms with E-state index < -0.39 is 6.10 Å². The Balaban J connectivity index is 2.07. The van der Waals surface area contributed by atoms with Gasteiger partial charge in [0.25, 0.3) is 0 Å². The van der Waals surface area contributed by atoms with E-state index in [1.807, 2.05) is 10.7 Å². The molecular weight excluding hydrogens is 214 g/mol. The summed E-state index contributed by atoms with van der Waals surface area (Å²) in [6.45, 7) is 6.26. The molecule has 1 aliphatic rings. The van der Waals surface area contributed by atoms with E-state index in [0.29, 0.717) is 5.92 Å². The maximum Gasteiger partial charge on any atom is 0.111 e. The van der Waals surface area contributed by atoms with Crippen LogP contribution in [0.15, 0.2) is 12.3 Å². The van der Waals surface area contributed by atoms with Crippen molar-refractivity contribution >= 4 is 0 Å². The van der Waals surface area contributed by atoms with Crippen molar-refractivity contribution in [1.29, 1.82) is 0 Å². The van der Waals surface area contributed by atoms with Crippen molar-refractivity contribution < 1.29 is 5.11 Å². The van der Waals surface area contributed by atoms with E-state index in [0.717, 1.165) is 31.6 Å². The fraction of sp³-hybridized carbons (Fsp3) is 0.769. The highest BCUT2D eigenvalue weighted by Crippen LogP contribution is 2.25. The molecule has 3 atom stereocenters. The smallest absolute Gasteiger partial charge is 0.111 e. The molecule has 0 saturated carbocycles. The van der Waals surface area contributed by atoms with Gasteiger partial charge in [-0.2, -0.15) is 5.10 Å². The second-order valence-corrected chi connectivity index (χ2v) is 5.11. The first-order chi connectivity index (χ1) is 8.22. The van der Waals surface area contributed by atoms with Gasteiger partial charge >= 0.3 is 0 Å². The predicted molar refractivity (Wildman–Crippen MR) is 67.7 cm³/mol. The van der Waals surface area contributed by atoms with Gasteiger partial charge in [0.15, 0.2) is 0 Å². The molecule has 3 unspecified atom stereocenters. The third-order valence-corrected chi connectivity index (χ3v) is 3.57. The summed E-state index contributed by atoms with van der Waals surface area (Å²) in [6, 6.07) is 2.10. The Kier molecular flexibility index (Phi) is 4.18. The molecule has 1 saturated heterocycles. The standard InChI is InChI=1S/C13H23N3O/c1-3-8-16-12(5-7-15-16)13(17)11-9-10(2)4-6-14-11/h5,7,10-11,13-14,17H,3-4,6,8-9H2,1-2H3. The summed E-state index contributed by atoms with van der Waals surface area (Å²) < 4.78 is 1.92. The molecule has 1 aromatic heterocycles. The van der Waals surface area contributed by atoms with Crippen LogP contribution in [0.25, 0.3) is 0 Å². The second kappa shape index (κ2) is 5.65. The number of aliphatic hydroxyl groups excluding tert-OH is 1. The lowest BCUT2D eigenvalue weighted by atomic mass is 9.90. The van der Waals surface area contributed by atoms with Crippen LogP contribution in [0, 0.1) is 5.92 Å². The molecule has 1 aromatic rings. The van der Waals surface area contributed by atoms with E-state index in [9.17, 15) is 5.11 Å². The van der Waals surface area contributed by atoms with E-state index in [2.05, 4.69) is 24.3 Å². The van der Waals surface area contributed by atoms with Crippen molar-refractivity contribution in [2.75, 3.05) is 6.54 Å². The normalized spacial score (nSPS) is 27.0. The molecule has 0 spiro atoms. The molecule has 2 heterocycles. The Morgan fingerprint density at radius 1 is 1.65 bits per heavy atom. The van der Waals surface area contributed by atoms with Gasteiger partial charge in [-0.25, -0.2) is 0 Å². The number of piperidine rings is 1. The van der Waals surface area contributed by atoms with Crippen molar-refractivity contribution in [2.24, 2.45) is 5.92 Å². The molecule has 0 bridgehead atoms. The molecule has 4 heteroatoms. The fourth-order valence-corrected chi connectivity index (χ4v) is 2.59. The van der Waals surface area contributed by atoms with Gasteiger partial charge in [-0.05, 0) is 37.8 Å². The lowest BCUT2D eigenvalue weighted by molar-refractivity contribution is 0.0932. The Bertz CT molecular complexity index is 350. The average Bonchev–Trinajstić information content (AvgIpc) is 2.77. The Morgan fingerprint density at radius 3 is 3.18 bits per heavy atom. The number of rotatable bonds is 4. The number of nitrogens with zero attached hydrogens (tertiary/aromatic N) is 2. The molecule has 4 nitrogen and oxygen atoms in total. The fourth-order valence-electron chi connectivity index (χ4n) is 2.59. The molecular formula is C13H23N3O. The Hall–Kier alpha value is -0.870. The summed E-state index contributed by atoms with van der Waals surface area (Å²) in [5.41, 5.74) is 0.943. The van der Waals surface area contributed by atoms with E-state index in [-0.39, 0.29) is 6.04 Å². The summed E-state index contributed by atoms with van der Waals surface area (Å²) in [6.07, 6.45) is 4.62. The van der Waals surface area contributed by atoms with Crippen LogP contribution >= 0.6 is 0 Å².